The molecule has 108 valence electrons. The fraction of sp³-hybridized carbons (Fsp3) is 0.250. The molecule has 20 heavy (non-hydrogen) atoms. The number of amides is 2. The van der Waals surface area contributed by atoms with Gasteiger partial charge in [0.25, 0.3) is 0 Å². The molecule has 1 rings (SSSR count). The van der Waals surface area contributed by atoms with Crippen molar-refractivity contribution < 1.29 is 29.7 Å². The van der Waals surface area contributed by atoms with Crippen LogP contribution in [0.25, 0.3) is 0 Å². The van der Waals surface area contributed by atoms with Crippen LogP contribution in [-0.2, 0) is 20.8 Å². The predicted octanol–water partition coefficient (Wildman–Crippen LogP) is -0.915. The summed E-state index contributed by atoms with van der Waals surface area (Å²) in [7, 11) is 0. The van der Waals surface area contributed by atoms with Crippen LogP contribution in [0.3, 0.4) is 0 Å². The number of aromatic hydroxyl groups is 2. The Labute approximate surface area is 113 Å². The lowest BCUT2D eigenvalue weighted by molar-refractivity contribution is -0.143. The highest BCUT2D eigenvalue weighted by atomic mass is 16.4. The minimum absolute atomic E-state index is 0.163. The summed E-state index contributed by atoms with van der Waals surface area (Å²) in [5, 5.41) is 29.5. The number of carbonyl (C=O) groups is 3. The summed E-state index contributed by atoms with van der Waals surface area (Å²) in [6.07, 6.45) is -0.822. The standard InChI is InChI=1S/C12H14N2O6/c13-10(17)5-8(12(19)20)14-11(18)3-6-1-2-7(15)4-9(6)16/h1-2,4,8,15-16H,3,5H2,(H2,13,17)(H,14,18)(H,19,20). The first-order chi connectivity index (χ1) is 9.29. The number of benzene rings is 1. The topological polar surface area (TPSA) is 150 Å². The first kappa shape index (κ1) is 15.3. The molecule has 0 saturated carbocycles. The summed E-state index contributed by atoms with van der Waals surface area (Å²) in [5.41, 5.74) is 5.09. The first-order valence-corrected chi connectivity index (χ1v) is 5.61. The molecule has 0 bridgehead atoms. The maximum Gasteiger partial charge on any atom is 0.326 e. The molecule has 1 aromatic carbocycles. The number of hydrogen-bond donors (Lipinski definition) is 5. The molecule has 1 aromatic rings. The van der Waals surface area contributed by atoms with Gasteiger partial charge in [0.05, 0.1) is 12.8 Å². The number of carbonyl (C=O) groups excluding carboxylic acids is 2. The van der Waals surface area contributed by atoms with Gasteiger partial charge in [-0.2, -0.15) is 0 Å². The second-order valence-corrected chi connectivity index (χ2v) is 4.12. The molecule has 1 unspecified atom stereocenters. The van der Waals surface area contributed by atoms with Crippen molar-refractivity contribution in [3.63, 3.8) is 0 Å². The number of carboxylic acids is 1. The van der Waals surface area contributed by atoms with Crippen LogP contribution in [0.15, 0.2) is 18.2 Å². The van der Waals surface area contributed by atoms with Crippen LogP contribution in [0, 0.1) is 0 Å². The van der Waals surface area contributed by atoms with Crippen LogP contribution < -0.4 is 11.1 Å². The van der Waals surface area contributed by atoms with Crippen molar-refractivity contribution in [3.05, 3.63) is 23.8 Å². The van der Waals surface area contributed by atoms with Gasteiger partial charge in [0.1, 0.15) is 17.5 Å². The SMILES string of the molecule is NC(=O)CC(NC(=O)Cc1ccc(O)cc1O)C(=O)O. The van der Waals surface area contributed by atoms with E-state index in [1.165, 1.54) is 12.1 Å². The molecule has 1 atom stereocenters. The number of carboxylic acid groups (broad SMARTS) is 1. The van der Waals surface area contributed by atoms with E-state index in [4.69, 9.17) is 15.9 Å². The Balaban J connectivity index is 2.70. The average Bonchev–Trinajstić information content (AvgIpc) is 2.31. The van der Waals surface area contributed by atoms with Gasteiger partial charge in [-0.25, -0.2) is 4.79 Å². The number of nitrogens with one attached hydrogen (secondary N) is 1. The van der Waals surface area contributed by atoms with E-state index in [0.717, 1.165) is 6.07 Å². The number of phenolic OH excluding ortho intramolecular Hbond substituents is 2. The third kappa shape index (κ3) is 4.48. The molecule has 8 heteroatoms. The molecular formula is C12H14N2O6. The van der Waals surface area contributed by atoms with Gasteiger partial charge < -0.3 is 26.4 Å². The second kappa shape index (κ2) is 6.41. The van der Waals surface area contributed by atoms with Gasteiger partial charge in [0.2, 0.25) is 11.8 Å². The highest BCUT2D eigenvalue weighted by molar-refractivity contribution is 5.89. The summed E-state index contributed by atoms with van der Waals surface area (Å²) in [6.45, 7) is 0. The van der Waals surface area contributed by atoms with Gasteiger partial charge in [-0.15, -0.1) is 0 Å². The Morgan fingerprint density at radius 2 is 1.90 bits per heavy atom. The molecule has 0 aliphatic rings. The number of hydrogen-bond acceptors (Lipinski definition) is 5. The van der Waals surface area contributed by atoms with Crippen molar-refractivity contribution in [2.75, 3.05) is 0 Å². The van der Waals surface area contributed by atoms with E-state index in [2.05, 4.69) is 5.32 Å². The quantitative estimate of drug-likeness (QED) is 0.455. The third-order valence-electron chi connectivity index (χ3n) is 2.46. The Morgan fingerprint density at radius 3 is 2.40 bits per heavy atom. The molecule has 0 heterocycles. The zero-order valence-electron chi connectivity index (χ0n) is 10.4. The summed E-state index contributed by atoms with van der Waals surface area (Å²) in [5.74, 6) is -3.39. The smallest absolute Gasteiger partial charge is 0.326 e. The van der Waals surface area contributed by atoms with Crippen molar-refractivity contribution in [1.29, 1.82) is 0 Å². The van der Waals surface area contributed by atoms with Crippen molar-refractivity contribution in [1.82, 2.24) is 5.32 Å². The zero-order valence-corrected chi connectivity index (χ0v) is 10.4. The number of phenols is 2. The van der Waals surface area contributed by atoms with E-state index in [1.807, 2.05) is 0 Å². The van der Waals surface area contributed by atoms with Crippen molar-refractivity contribution in [2.45, 2.75) is 18.9 Å². The largest absolute Gasteiger partial charge is 0.508 e. The lowest BCUT2D eigenvalue weighted by atomic mass is 10.1. The highest BCUT2D eigenvalue weighted by Gasteiger charge is 2.22. The Morgan fingerprint density at radius 1 is 1.25 bits per heavy atom. The van der Waals surface area contributed by atoms with Crippen LogP contribution in [0.5, 0.6) is 11.5 Å². The number of primary amides is 1. The summed E-state index contributed by atoms with van der Waals surface area (Å²) in [4.78, 5) is 33.2. The maximum absolute atomic E-state index is 11.6. The van der Waals surface area contributed by atoms with E-state index < -0.39 is 30.2 Å². The molecule has 6 N–H and O–H groups in total. The van der Waals surface area contributed by atoms with Crippen LogP contribution in [0.2, 0.25) is 0 Å². The first-order valence-electron chi connectivity index (χ1n) is 5.61. The average molecular weight is 282 g/mol. The van der Waals surface area contributed by atoms with E-state index >= 15 is 0 Å². The van der Waals surface area contributed by atoms with Gasteiger partial charge >= 0.3 is 5.97 Å². The molecule has 0 aliphatic carbocycles. The molecule has 0 spiro atoms. The number of rotatable bonds is 6. The lowest BCUT2D eigenvalue weighted by Crippen LogP contribution is -2.43. The maximum atomic E-state index is 11.6. The van der Waals surface area contributed by atoms with Crippen molar-refractivity contribution >= 4 is 17.8 Å². The van der Waals surface area contributed by atoms with Crippen LogP contribution >= 0.6 is 0 Å². The van der Waals surface area contributed by atoms with Gasteiger partial charge in [-0.1, -0.05) is 6.07 Å². The van der Waals surface area contributed by atoms with Gasteiger partial charge in [0, 0.05) is 11.6 Å². The number of nitrogens with two attached hydrogens (primary N) is 1. The Kier molecular flexibility index (Phi) is 4.90. The molecule has 0 saturated heterocycles. The molecule has 0 aromatic heterocycles. The minimum Gasteiger partial charge on any atom is -0.508 e. The van der Waals surface area contributed by atoms with Gasteiger partial charge in [-0.3, -0.25) is 9.59 Å². The molecular weight excluding hydrogens is 268 g/mol. The fourth-order valence-corrected chi connectivity index (χ4v) is 1.52. The normalized spacial score (nSPS) is 11.6. The second-order valence-electron chi connectivity index (χ2n) is 4.12. The molecule has 8 nitrogen and oxygen atoms in total. The Bertz CT molecular complexity index is 543. The van der Waals surface area contributed by atoms with Crippen molar-refractivity contribution in [3.8, 4) is 11.5 Å². The molecule has 0 radical (unpaired) electrons. The predicted molar refractivity (Wildman–Crippen MR) is 66.9 cm³/mol. The van der Waals surface area contributed by atoms with Crippen LogP contribution in [0.1, 0.15) is 12.0 Å². The molecule has 0 aliphatic heterocycles. The summed E-state index contributed by atoms with van der Waals surface area (Å²) in [6, 6.07) is 2.24. The van der Waals surface area contributed by atoms with E-state index in [0.29, 0.717) is 0 Å². The summed E-state index contributed by atoms with van der Waals surface area (Å²) < 4.78 is 0. The monoisotopic (exact) mass is 282 g/mol. The van der Waals surface area contributed by atoms with E-state index in [-0.39, 0.29) is 23.5 Å². The van der Waals surface area contributed by atoms with Crippen LogP contribution in [-0.4, -0.2) is 39.1 Å². The summed E-state index contributed by atoms with van der Waals surface area (Å²) >= 11 is 0. The fourth-order valence-electron chi connectivity index (χ4n) is 1.52. The van der Waals surface area contributed by atoms with Crippen molar-refractivity contribution in [2.24, 2.45) is 5.73 Å². The highest BCUT2D eigenvalue weighted by Crippen LogP contribution is 2.22. The Hall–Kier alpha value is -2.77. The third-order valence-corrected chi connectivity index (χ3v) is 2.46. The van der Waals surface area contributed by atoms with Gasteiger partial charge in [-0.05, 0) is 6.07 Å². The minimum atomic E-state index is -1.42. The van der Waals surface area contributed by atoms with E-state index in [9.17, 15) is 19.5 Å². The molecule has 2 amide bonds. The van der Waals surface area contributed by atoms with E-state index in [1.54, 1.807) is 0 Å². The van der Waals surface area contributed by atoms with Crippen LogP contribution in [0.4, 0.5) is 0 Å². The molecule has 0 fully saturated rings. The zero-order chi connectivity index (χ0) is 15.3. The number of aliphatic carboxylic acids is 1. The lowest BCUT2D eigenvalue weighted by Gasteiger charge is -2.13. The van der Waals surface area contributed by atoms with Gasteiger partial charge in [0.15, 0.2) is 0 Å².